The summed E-state index contributed by atoms with van der Waals surface area (Å²) in [4.78, 5) is 0. The predicted molar refractivity (Wildman–Crippen MR) is 65.6 cm³/mol. The predicted octanol–water partition coefficient (Wildman–Crippen LogP) is 1.74. The maximum absolute atomic E-state index is 9.63. The summed E-state index contributed by atoms with van der Waals surface area (Å²) in [7, 11) is 0. The Morgan fingerprint density at radius 3 is 2.62 bits per heavy atom. The lowest BCUT2D eigenvalue weighted by Gasteiger charge is -2.24. The Kier molecular flexibility index (Phi) is 2.81. The van der Waals surface area contributed by atoms with Gasteiger partial charge in [-0.25, -0.2) is 0 Å². The van der Waals surface area contributed by atoms with Gasteiger partial charge in [0, 0.05) is 5.56 Å². The normalized spacial score (nSPS) is 21.2. The molecule has 1 aliphatic carbocycles. The monoisotopic (exact) mass is 216 g/mol. The molecule has 0 amide bonds. The van der Waals surface area contributed by atoms with Gasteiger partial charge >= 0.3 is 0 Å². The van der Waals surface area contributed by atoms with Gasteiger partial charge in [0.25, 0.3) is 0 Å². The van der Waals surface area contributed by atoms with Crippen LogP contribution < -0.4 is 11.5 Å². The third-order valence-corrected chi connectivity index (χ3v) is 2.73. The molecule has 0 heterocycles. The largest absolute Gasteiger partial charge is 0.507 e. The molecular formula is C13H16N2O. The van der Waals surface area contributed by atoms with Gasteiger partial charge in [-0.05, 0) is 30.6 Å². The second-order valence-electron chi connectivity index (χ2n) is 4.22. The molecule has 84 valence electrons. The molecule has 0 atom stereocenters. The summed E-state index contributed by atoms with van der Waals surface area (Å²) in [5.74, 6) is 0.292. The van der Waals surface area contributed by atoms with Crippen LogP contribution in [0, 0.1) is 0 Å². The van der Waals surface area contributed by atoms with Gasteiger partial charge in [-0.1, -0.05) is 30.4 Å². The van der Waals surface area contributed by atoms with Crippen molar-refractivity contribution in [3.05, 3.63) is 47.6 Å². The van der Waals surface area contributed by atoms with Gasteiger partial charge in [0.1, 0.15) is 5.75 Å². The molecule has 0 aromatic heterocycles. The van der Waals surface area contributed by atoms with Crippen LogP contribution in [0.25, 0.3) is 6.08 Å². The molecule has 0 fully saturated rings. The number of hydrogen-bond donors (Lipinski definition) is 3. The second-order valence-corrected chi connectivity index (χ2v) is 4.22. The number of phenols is 1. The fourth-order valence-electron chi connectivity index (χ4n) is 1.72. The lowest BCUT2D eigenvalue weighted by Crippen LogP contribution is -2.48. The molecule has 0 saturated heterocycles. The molecule has 0 radical (unpaired) electrons. The van der Waals surface area contributed by atoms with E-state index in [0.29, 0.717) is 5.75 Å². The maximum atomic E-state index is 9.63. The van der Waals surface area contributed by atoms with Crippen LogP contribution in [0.2, 0.25) is 0 Å². The van der Waals surface area contributed by atoms with E-state index in [1.807, 2.05) is 30.4 Å². The first-order chi connectivity index (χ1) is 7.57. The van der Waals surface area contributed by atoms with Gasteiger partial charge in [0.05, 0.1) is 5.66 Å². The van der Waals surface area contributed by atoms with E-state index in [2.05, 4.69) is 0 Å². The first-order valence-electron chi connectivity index (χ1n) is 5.32. The van der Waals surface area contributed by atoms with Gasteiger partial charge in [0.15, 0.2) is 0 Å². The zero-order valence-electron chi connectivity index (χ0n) is 9.06. The highest BCUT2D eigenvalue weighted by atomic mass is 16.3. The van der Waals surface area contributed by atoms with Crippen LogP contribution in [0.3, 0.4) is 0 Å². The third kappa shape index (κ3) is 2.51. The van der Waals surface area contributed by atoms with Gasteiger partial charge in [-0.15, -0.1) is 0 Å². The Hall–Kier alpha value is -1.58. The molecule has 3 nitrogen and oxygen atoms in total. The molecule has 0 saturated carbocycles. The zero-order chi connectivity index (χ0) is 11.6. The average molecular weight is 216 g/mol. The van der Waals surface area contributed by atoms with Crippen LogP contribution in [-0.2, 0) is 0 Å². The van der Waals surface area contributed by atoms with E-state index in [1.165, 1.54) is 0 Å². The second kappa shape index (κ2) is 4.12. The zero-order valence-corrected chi connectivity index (χ0v) is 9.06. The van der Waals surface area contributed by atoms with E-state index < -0.39 is 5.66 Å². The van der Waals surface area contributed by atoms with Crippen molar-refractivity contribution in [1.82, 2.24) is 0 Å². The van der Waals surface area contributed by atoms with E-state index in [4.69, 9.17) is 11.5 Å². The molecule has 1 aliphatic rings. The maximum Gasteiger partial charge on any atom is 0.122 e. The van der Waals surface area contributed by atoms with Crippen molar-refractivity contribution in [2.24, 2.45) is 11.5 Å². The lowest BCUT2D eigenvalue weighted by atomic mass is 9.92. The van der Waals surface area contributed by atoms with Gasteiger partial charge in [-0.3, -0.25) is 0 Å². The molecule has 5 N–H and O–H groups in total. The van der Waals surface area contributed by atoms with Crippen LogP contribution >= 0.6 is 0 Å². The minimum atomic E-state index is -0.684. The Morgan fingerprint density at radius 1 is 1.25 bits per heavy atom. The molecule has 0 aliphatic heterocycles. The SMILES string of the molecule is NC1(N)C=CC(=Cc2ccccc2O)CC1. The van der Waals surface area contributed by atoms with Crippen molar-refractivity contribution in [3.63, 3.8) is 0 Å². The van der Waals surface area contributed by atoms with E-state index in [9.17, 15) is 5.11 Å². The number of nitrogens with two attached hydrogens (primary N) is 2. The standard InChI is InChI=1S/C13H16N2O/c14-13(15)7-5-10(6-8-13)9-11-3-1-2-4-12(11)16/h1-5,7,9,16H,6,8,14-15H2. The summed E-state index contributed by atoms with van der Waals surface area (Å²) >= 11 is 0. The first-order valence-corrected chi connectivity index (χ1v) is 5.32. The highest BCUT2D eigenvalue weighted by Crippen LogP contribution is 2.25. The molecule has 0 unspecified atom stereocenters. The Balaban J connectivity index is 2.24. The van der Waals surface area contributed by atoms with Crippen molar-refractivity contribution in [3.8, 4) is 5.75 Å². The van der Waals surface area contributed by atoms with Crippen LogP contribution in [-0.4, -0.2) is 10.8 Å². The highest BCUT2D eigenvalue weighted by Gasteiger charge is 2.18. The van der Waals surface area contributed by atoms with Gasteiger partial charge in [-0.2, -0.15) is 0 Å². The van der Waals surface area contributed by atoms with Gasteiger partial charge in [0.2, 0.25) is 0 Å². The number of aromatic hydroxyl groups is 1. The van der Waals surface area contributed by atoms with E-state index in [0.717, 1.165) is 24.0 Å². The number of hydrogen-bond acceptors (Lipinski definition) is 3. The molecule has 2 rings (SSSR count). The fraction of sp³-hybridized carbons (Fsp3) is 0.231. The minimum Gasteiger partial charge on any atom is -0.507 e. The molecule has 1 aromatic carbocycles. The number of rotatable bonds is 1. The molecule has 1 aromatic rings. The summed E-state index contributed by atoms with van der Waals surface area (Å²) in [6, 6.07) is 7.26. The smallest absolute Gasteiger partial charge is 0.122 e. The van der Waals surface area contributed by atoms with Gasteiger partial charge < -0.3 is 16.6 Å². The minimum absolute atomic E-state index is 0.292. The molecular weight excluding hydrogens is 200 g/mol. The summed E-state index contributed by atoms with van der Waals surface area (Å²) < 4.78 is 0. The summed E-state index contributed by atoms with van der Waals surface area (Å²) in [5.41, 5.74) is 12.8. The molecule has 3 heteroatoms. The summed E-state index contributed by atoms with van der Waals surface area (Å²) in [6.07, 6.45) is 7.25. The van der Waals surface area contributed by atoms with Crippen LogP contribution in [0.4, 0.5) is 0 Å². The fourth-order valence-corrected chi connectivity index (χ4v) is 1.72. The topological polar surface area (TPSA) is 72.3 Å². The van der Waals surface area contributed by atoms with Crippen molar-refractivity contribution in [2.75, 3.05) is 0 Å². The number of phenolic OH excluding ortho intramolecular Hbond substituents is 1. The quantitative estimate of drug-likeness (QED) is 0.626. The van der Waals surface area contributed by atoms with Crippen LogP contribution in [0.15, 0.2) is 42.0 Å². The summed E-state index contributed by atoms with van der Waals surface area (Å²) in [5, 5.41) is 9.63. The van der Waals surface area contributed by atoms with Crippen molar-refractivity contribution in [2.45, 2.75) is 18.5 Å². The van der Waals surface area contributed by atoms with Crippen LogP contribution in [0.1, 0.15) is 18.4 Å². The van der Waals surface area contributed by atoms with E-state index in [-0.39, 0.29) is 0 Å². The van der Waals surface area contributed by atoms with Crippen molar-refractivity contribution in [1.29, 1.82) is 0 Å². The van der Waals surface area contributed by atoms with E-state index >= 15 is 0 Å². The Morgan fingerprint density at radius 2 is 2.00 bits per heavy atom. The number of para-hydroxylation sites is 1. The van der Waals surface area contributed by atoms with Crippen molar-refractivity contribution < 1.29 is 5.11 Å². The summed E-state index contributed by atoms with van der Waals surface area (Å²) in [6.45, 7) is 0. The third-order valence-electron chi connectivity index (χ3n) is 2.73. The Labute approximate surface area is 95.1 Å². The number of benzene rings is 1. The van der Waals surface area contributed by atoms with Crippen molar-refractivity contribution >= 4 is 6.08 Å². The Bertz CT molecular complexity index is 447. The molecule has 0 bridgehead atoms. The lowest BCUT2D eigenvalue weighted by molar-refractivity contribution is 0.474. The highest BCUT2D eigenvalue weighted by molar-refractivity contribution is 5.61. The molecule has 16 heavy (non-hydrogen) atoms. The first kappa shape index (κ1) is 10.9. The van der Waals surface area contributed by atoms with Crippen LogP contribution in [0.5, 0.6) is 5.75 Å². The average Bonchev–Trinajstić information content (AvgIpc) is 2.24. The molecule has 0 spiro atoms. The number of allylic oxidation sites excluding steroid dienone is 2. The van der Waals surface area contributed by atoms with E-state index in [1.54, 1.807) is 12.1 Å².